The van der Waals surface area contributed by atoms with Crippen molar-refractivity contribution in [3.63, 3.8) is 0 Å². The van der Waals surface area contributed by atoms with Gasteiger partial charge in [-0.3, -0.25) is 9.59 Å². The number of halogens is 2. The molecule has 1 aromatic heterocycles. The van der Waals surface area contributed by atoms with Crippen LogP contribution in [0.3, 0.4) is 0 Å². The van der Waals surface area contributed by atoms with Gasteiger partial charge in [-0.15, -0.1) is 23.1 Å². The van der Waals surface area contributed by atoms with Crippen LogP contribution in [0.1, 0.15) is 0 Å². The molecule has 0 atom stereocenters. The number of nitrogens with zero attached hydrogens (tertiary/aromatic N) is 1. The molecule has 122 valence electrons. The maximum absolute atomic E-state index is 13.2. The zero-order valence-electron chi connectivity index (χ0n) is 12.0. The molecule has 0 aliphatic heterocycles. The quantitative estimate of drug-likeness (QED) is 0.804. The summed E-state index contributed by atoms with van der Waals surface area (Å²) in [6, 6.07) is 3.47. The van der Waals surface area contributed by atoms with Crippen LogP contribution in [0.15, 0.2) is 23.6 Å². The minimum Gasteiger partial charge on any atom is -0.468 e. The van der Waals surface area contributed by atoms with Gasteiger partial charge in [-0.05, 0) is 18.2 Å². The summed E-state index contributed by atoms with van der Waals surface area (Å²) in [5.74, 6) is -2.44. The van der Waals surface area contributed by atoms with Crippen LogP contribution in [0.4, 0.5) is 13.9 Å². The van der Waals surface area contributed by atoms with Crippen LogP contribution >= 0.6 is 23.1 Å². The molecule has 0 aliphatic carbocycles. The number of methoxy groups -OCH3 is 1. The SMILES string of the molecule is COC(=O)CSCC(=O)Nc1nc(-c2ccc(F)c(F)c2)cs1. The Labute approximate surface area is 139 Å². The van der Waals surface area contributed by atoms with Crippen molar-refractivity contribution in [3.05, 3.63) is 35.2 Å². The number of anilines is 1. The number of ether oxygens (including phenoxy) is 1. The van der Waals surface area contributed by atoms with Crippen molar-refractivity contribution in [1.82, 2.24) is 4.98 Å². The maximum Gasteiger partial charge on any atom is 0.315 e. The number of thiazole rings is 1. The van der Waals surface area contributed by atoms with Crippen molar-refractivity contribution in [2.24, 2.45) is 0 Å². The summed E-state index contributed by atoms with van der Waals surface area (Å²) >= 11 is 2.29. The number of hydrogen-bond acceptors (Lipinski definition) is 6. The summed E-state index contributed by atoms with van der Waals surface area (Å²) < 4.78 is 30.6. The molecule has 0 bridgehead atoms. The smallest absolute Gasteiger partial charge is 0.315 e. The molecule has 0 saturated heterocycles. The van der Waals surface area contributed by atoms with Crippen LogP contribution in [0, 0.1) is 11.6 Å². The fourth-order valence-electron chi connectivity index (χ4n) is 1.56. The van der Waals surface area contributed by atoms with Crippen molar-refractivity contribution in [2.45, 2.75) is 0 Å². The highest BCUT2D eigenvalue weighted by molar-refractivity contribution is 8.00. The maximum atomic E-state index is 13.2. The van der Waals surface area contributed by atoms with E-state index in [1.165, 1.54) is 24.5 Å². The molecule has 1 aromatic carbocycles. The highest BCUT2D eigenvalue weighted by Gasteiger charge is 2.11. The Kier molecular flexibility index (Phi) is 6.05. The minimum atomic E-state index is -0.958. The predicted octanol–water partition coefficient (Wildman–Crippen LogP) is 2.93. The van der Waals surface area contributed by atoms with Gasteiger partial charge in [-0.25, -0.2) is 13.8 Å². The molecular formula is C14H12F2N2O3S2. The summed E-state index contributed by atoms with van der Waals surface area (Å²) in [6.07, 6.45) is 0. The van der Waals surface area contributed by atoms with Gasteiger partial charge < -0.3 is 10.1 Å². The number of aromatic nitrogens is 1. The van der Waals surface area contributed by atoms with E-state index in [0.717, 1.165) is 23.9 Å². The Morgan fingerprint density at radius 1 is 1.30 bits per heavy atom. The van der Waals surface area contributed by atoms with E-state index in [0.29, 0.717) is 16.4 Å². The first-order valence-electron chi connectivity index (χ1n) is 6.35. The molecule has 0 unspecified atom stereocenters. The van der Waals surface area contributed by atoms with E-state index in [1.807, 2.05) is 0 Å². The van der Waals surface area contributed by atoms with E-state index in [2.05, 4.69) is 15.0 Å². The van der Waals surface area contributed by atoms with E-state index in [4.69, 9.17) is 0 Å². The van der Waals surface area contributed by atoms with Crippen molar-refractivity contribution < 1.29 is 23.1 Å². The molecule has 0 spiro atoms. The Bertz CT molecular complexity index is 722. The lowest BCUT2D eigenvalue weighted by Gasteiger charge is -2.01. The fourth-order valence-corrected chi connectivity index (χ4v) is 2.94. The number of carbonyl (C=O) groups is 2. The first-order chi connectivity index (χ1) is 11.0. The first kappa shape index (κ1) is 17.4. The third-order valence-corrected chi connectivity index (χ3v) is 4.31. The summed E-state index contributed by atoms with van der Waals surface area (Å²) in [4.78, 5) is 26.8. The summed E-state index contributed by atoms with van der Waals surface area (Å²) in [5.41, 5.74) is 0.854. The molecule has 0 saturated carbocycles. The van der Waals surface area contributed by atoms with Crippen LogP contribution < -0.4 is 5.32 Å². The number of amides is 1. The second kappa shape index (κ2) is 8.02. The topological polar surface area (TPSA) is 68.3 Å². The van der Waals surface area contributed by atoms with Crippen molar-refractivity contribution in [1.29, 1.82) is 0 Å². The van der Waals surface area contributed by atoms with E-state index in [1.54, 1.807) is 5.38 Å². The van der Waals surface area contributed by atoms with Gasteiger partial charge in [0, 0.05) is 10.9 Å². The minimum absolute atomic E-state index is 0.0786. The number of hydrogen-bond donors (Lipinski definition) is 1. The monoisotopic (exact) mass is 358 g/mol. The third kappa shape index (κ3) is 5.00. The normalized spacial score (nSPS) is 10.4. The molecule has 23 heavy (non-hydrogen) atoms. The summed E-state index contributed by atoms with van der Waals surface area (Å²) in [5, 5.41) is 4.55. The third-order valence-electron chi connectivity index (χ3n) is 2.65. The number of thioether (sulfide) groups is 1. The molecule has 0 radical (unpaired) electrons. The van der Waals surface area contributed by atoms with Gasteiger partial charge >= 0.3 is 5.97 Å². The van der Waals surface area contributed by atoms with Gasteiger partial charge in [0.25, 0.3) is 0 Å². The summed E-state index contributed by atoms with van der Waals surface area (Å²) in [7, 11) is 1.28. The molecule has 0 aliphatic rings. The van der Waals surface area contributed by atoms with E-state index < -0.39 is 17.6 Å². The van der Waals surface area contributed by atoms with Gasteiger partial charge in [0.15, 0.2) is 16.8 Å². The lowest BCUT2D eigenvalue weighted by atomic mass is 10.2. The number of esters is 1. The van der Waals surface area contributed by atoms with Crippen LogP contribution in [0.25, 0.3) is 11.3 Å². The lowest BCUT2D eigenvalue weighted by molar-refractivity contribution is -0.137. The number of benzene rings is 1. The Hall–Kier alpha value is -2.00. The molecule has 1 amide bonds. The molecule has 2 rings (SSSR count). The standard InChI is InChI=1S/C14H12F2N2O3S2/c1-21-13(20)7-22-6-12(19)18-14-17-11(5-23-14)8-2-3-9(15)10(16)4-8/h2-5H,6-7H2,1H3,(H,17,18,19). The number of rotatable bonds is 6. The number of carbonyl (C=O) groups excluding carboxylic acids is 2. The van der Waals surface area contributed by atoms with Gasteiger partial charge in [-0.1, -0.05) is 0 Å². The van der Waals surface area contributed by atoms with Gasteiger partial charge in [-0.2, -0.15) is 0 Å². The van der Waals surface area contributed by atoms with Crippen LogP contribution in [0.2, 0.25) is 0 Å². The Morgan fingerprint density at radius 2 is 2.09 bits per heavy atom. The average Bonchev–Trinajstić information content (AvgIpc) is 2.98. The zero-order valence-corrected chi connectivity index (χ0v) is 13.6. The number of nitrogens with one attached hydrogen (secondary N) is 1. The largest absolute Gasteiger partial charge is 0.468 e. The van der Waals surface area contributed by atoms with Gasteiger partial charge in [0.1, 0.15) is 0 Å². The highest BCUT2D eigenvalue weighted by Crippen LogP contribution is 2.26. The molecule has 1 heterocycles. The van der Waals surface area contributed by atoms with Crippen LogP contribution in [-0.2, 0) is 14.3 Å². The Morgan fingerprint density at radius 3 is 2.78 bits per heavy atom. The first-order valence-corrected chi connectivity index (χ1v) is 8.38. The van der Waals surface area contributed by atoms with E-state index >= 15 is 0 Å². The average molecular weight is 358 g/mol. The zero-order chi connectivity index (χ0) is 16.8. The highest BCUT2D eigenvalue weighted by atomic mass is 32.2. The van der Waals surface area contributed by atoms with Crippen LogP contribution in [-0.4, -0.2) is 35.5 Å². The van der Waals surface area contributed by atoms with E-state index in [9.17, 15) is 18.4 Å². The lowest BCUT2D eigenvalue weighted by Crippen LogP contribution is -2.15. The molecule has 5 nitrogen and oxygen atoms in total. The fraction of sp³-hybridized carbons (Fsp3) is 0.214. The molecule has 9 heteroatoms. The molecule has 1 N–H and O–H groups in total. The summed E-state index contributed by atoms with van der Waals surface area (Å²) in [6.45, 7) is 0. The predicted molar refractivity (Wildman–Crippen MR) is 85.4 cm³/mol. The second-order valence-electron chi connectivity index (χ2n) is 4.28. The van der Waals surface area contributed by atoms with Crippen LogP contribution in [0.5, 0.6) is 0 Å². The van der Waals surface area contributed by atoms with Crippen molar-refractivity contribution >= 4 is 40.1 Å². The van der Waals surface area contributed by atoms with Crippen molar-refractivity contribution in [3.8, 4) is 11.3 Å². The van der Waals surface area contributed by atoms with Crippen molar-refractivity contribution in [2.75, 3.05) is 23.9 Å². The van der Waals surface area contributed by atoms with E-state index in [-0.39, 0.29) is 17.4 Å². The molecule has 2 aromatic rings. The Balaban J connectivity index is 1.92. The van der Waals surface area contributed by atoms with Gasteiger partial charge in [0.05, 0.1) is 24.3 Å². The molecule has 0 fully saturated rings. The second-order valence-corrected chi connectivity index (χ2v) is 6.13. The van der Waals surface area contributed by atoms with Gasteiger partial charge in [0.2, 0.25) is 5.91 Å². The molecular weight excluding hydrogens is 346 g/mol.